The minimum Gasteiger partial charge on any atom is -0.468 e. The van der Waals surface area contributed by atoms with Crippen LogP contribution >= 0.6 is 0 Å². The largest absolute Gasteiger partial charge is 0.468 e. The maximum atomic E-state index is 12.4. The highest BCUT2D eigenvalue weighted by molar-refractivity contribution is 6.09. The van der Waals surface area contributed by atoms with Gasteiger partial charge in [-0.2, -0.15) is 0 Å². The Hall–Kier alpha value is -1.64. The summed E-state index contributed by atoms with van der Waals surface area (Å²) in [4.78, 5) is 24.1. The lowest BCUT2D eigenvalue weighted by Crippen LogP contribution is -2.26. The van der Waals surface area contributed by atoms with Gasteiger partial charge in [0.25, 0.3) is 0 Å². The van der Waals surface area contributed by atoms with E-state index in [0.717, 1.165) is 18.4 Å². The van der Waals surface area contributed by atoms with Gasteiger partial charge >= 0.3 is 5.97 Å². The first kappa shape index (κ1) is 14.4. The maximum Gasteiger partial charge on any atom is 0.316 e. The molecule has 0 aliphatic carbocycles. The molecule has 1 rings (SSSR count). The van der Waals surface area contributed by atoms with Crippen molar-refractivity contribution in [1.29, 1.82) is 0 Å². The third-order valence-corrected chi connectivity index (χ3v) is 3.06. The zero-order chi connectivity index (χ0) is 13.5. The second kappa shape index (κ2) is 6.94. The number of methoxy groups -OCH3 is 1. The molecule has 0 bridgehead atoms. The van der Waals surface area contributed by atoms with Crippen molar-refractivity contribution in [2.75, 3.05) is 7.11 Å². The van der Waals surface area contributed by atoms with E-state index < -0.39 is 11.9 Å². The quantitative estimate of drug-likeness (QED) is 0.441. The number of rotatable bonds is 6. The van der Waals surface area contributed by atoms with Crippen molar-refractivity contribution in [3.8, 4) is 0 Å². The SMILES string of the molecule is CCCCC(C(=O)OC)C(=O)c1ccccc1C. The third-order valence-electron chi connectivity index (χ3n) is 3.06. The lowest BCUT2D eigenvalue weighted by molar-refractivity contribution is -0.143. The van der Waals surface area contributed by atoms with Gasteiger partial charge in [-0.25, -0.2) is 0 Å². The molecule has 0 saturated heterocycles. The molecule has 0 aliphatic rings. The summed E-state index contributed by atoms with van der Waals surface area (Å²) in [5.41, 5.74) is 1.51. The number of ether oxygens (including phenoxy) is 1. The van der Waals surface area contributed by atoms with Crippen LogP contribution in [0.15, 0.2) is 24.3 Å². The van der Waals surface area contributed by atoms with Crippen molar-refractivity contribution in [1.82, 2.24) is 0 Å². The number of aryl methyl sites for hydroxylation is 1. The Kier molecular flexibility index (Phi) is 5.56. The molecule has 0 saturated carbocycles. The molecule has 0 N–H and O–H groups in total. The standard InChI is InChI=1S/C15H20O3/c1-4-5-9-13(15(17)18-3)14(16)12-10-7-6-8-11(12)2/h6-8,10,13H,4-5,9H2,1-3H3. The van der Waals surface area contributed by atoms with Crippen LogP contribution in [0.2, 0.25) is 0 Å². The molecular formula is C15H20O3. The molecule has 1 aromatic carbocycles. The monoisotopic (exact) mass is 248 g/mol. The van der Waals surface area contributed by atoms with Crippen LogP contribution in [0, 0.1) is 12.8 Å². The lowest BCUT2D eigenvalue weighted by atomic mass is 9.91. The summed E-state index contributed by atoms with van der Waals surface area (Å²) >= 11 is 0. The zero-order valence-corrected chi connectivity index (χ0v) is 11.2. The van der Waals surface area contributed by atoms with E-state index in [1.807, 2.05) is 32.0 Å². The van der Waals surface area contributed by atoms with Gasteiger partial charge in [0.15, 0.2) is 5.78 Å². The summed E-state index contributed by atoms with van der Waals surface area (Å²) in [5, 5.41) is 0. The van der Waals surface area contributed by atoms with Gasteiger partial charge in [0.1, 0.15) is 5.92 Å². The highest BCUT2D eigenvalue weighted by atomic mass is 16.5. The zero-order valence-electron chi connectivity index (χ0n) is 11.2. The number of unbranched alkanes of at least 4 members (excludes halogenated alkanes) is 1. The first-order valence-electron chi connectivity index (χ1n) is 6.29. The number of ketones is 1. The van der Waals surface area contributed by atoms with Crippen LogP contribution in [0.1, 0.15) is 42.1 Å². The van der Waals surface area contributed by atoms with E-state index in [9.17, 15) is 9.59 Å². The Morgan fingerprint density at radius 3 is 2.50 bits per heavy atom. The fourth-order valence-electron chi connectivity index (χ4n) is 1.94. The number of hydrogen-bond acceptors (Lipinski definition) is 3. The summed E-state index contributed by atoms with van der Waals surface area (Å²) in [6.45, 7) is 3.91. The molecule has 3 heteroatoms. The fraction of sp³-hybridized carbons (Fsp3) is 0.467. The fourth-order valence-corrected chi connectivity index (χ4v) is 1.94. The van der Waals surface area contributed by atoms with Crippen molar-refractivity contribution in [2.24, 2.45) is 5.92 Å². The molecule has 98 valence electrons. The Morgan fingerprint density at radius 1 is 1.28 bits per heavy atom. The summed E-state index contributed by atoms with van der Waals surface area (Å²) in [6.07, 6.45) is 2.35. The van der Waals surface area contributed by atoms with Crippen LogP contribution in [0.5, 0.6) is 0 Å². The number of hydrogen-bond donors (Lipinski definition) is 0. The predicted octanol–water partition coefficient (Wildman–Crippen LogP) is 3.16. The van der Waals surface area contributed by atoms with Gasteiger partial charge in [-0.3, -0.25) is 9.59 Å². The van der Waals surface area contributed by atoms with Crippen molar-refractivity contribution in [2.45, 2.75) is 33.1 Å². The molecule has 1 atom stereocenters. The molecule has 0 aromatic heterocycles. The second-order valence-corrected chi connectivity index (χ2v) is 4.40. The molecule has 3 nitrogen and oxygen atoms in total. The number of Topliss-reactive ketones (excluding diaryl/α,β-unsaturated/α-hetero) is 1. The molecule has 0 spiro atoms. The van der Waals surface area contributed by atoms with Crippen LogP contribution in [0.3, 0.4) is 0 Å². The first-order chi connectivity index (χ1) is 8.61. The van der Waals surface area contributed by atoms with E-state index >= 15 is 0 Å². The van der Waals surface area contributed by atoms with Gasteiger partial charge in [0.2, 0.25) is 0 Å². The lowest BCUT2D eigenvalue weighted by Gasteiger charge is -2.14. The van der Waals surface area contributed by atoms with E-state index in [0.29, 0.717) is 12.0 Å². The molecular weight excluding hydrogens is 228 g/mol. The second-order valence-electron chi connectivity index (χ2n) is 4.40. The molecule has 0 heterocycles. The molecule has 18 heavy (non-hydrogen) atoms. The normalized spacial score (nSPS) is 11.9. The van der Waals surface area contributed by atoms with Crippen LogP contribution in [-0.2, 0) is 9.53 Å². The van der Waals surface area contributed by atoms with E-state index in [4.69, 9.17) is 4.74 Å². The minimum atomic E-state index is -0.670. The van der Waals surface area contributed by atoms with Gasteiger partial charge < -0.3 is 4.74 Å². The van der Waals surface area contributed by atoms with Crippen LogP contribution < -0.4 is 0 Å². The van der Waals surface area contributed by atoms with Gasteiger partial charge in [-0.05, 0) is 18.9 Å². The smallest absolute Gasteiger partial charge is 0.316 e. The van der Waals surface area contributed by atoms with Crippen molar-refractivity contribution in [3.63, 3.8) is 0 Å². The number of esters is 1. The molecule has 1 unspecified atom stereocenters. The van der Waals surface area contributed by atoms with Gasteiger partial charge in [-0.15, -0.1) is 0 Å². The Bertz CT molecular complexity index is 424. The Labute approximate surface area is 108 Å². The average Bonchev–Trinajstić information content (AvgIpc) is 2.39. The summed E-state index contributed by atoms with van der Waals surface area (Å²) in [5.74, 6) is -1.24. The van der Waals surface area contributed by atoms with Crippen molar-refractivity contribution >= 4 is 11.8 Å². The number of carbonyl (C=O) groups is 2. The Morgan fingerprint density at radius 2 is 1.94 bits per heavy atom. The molecule has 0 amide bonds. The van der Waals surface area contributed by atoms with Crippen molar-refractivity contribution in [3.05, 3.63) is 35.4 Å². The Balaban J connectivity index is 2.95. The third kappa shape index (κ3) is 3.42. The van der Waals surface area contributed by atoms with Crippen LogP contribution in [0.25, 0.3) is 0 Å². The first-order valence-corrected chi connectivity index (χ1v) is 6.29. The van der Waals surface area contributed by atoms with E-state index in [2.05, 4.69) is 0 Å². The van der Waals surface area contributed by atoms with Gasteiger partial charge in [-0.1, -0.05) is 44.0 Å². The summed E-state index contributed by atoms with van der Waals surface area (Å²) in [7, 11) is 1.33. The maximum absolute atomic E-state index is 12.4. The predicted molar refractivity (Wildman–Crippen MR) is 70.5 cm³/mol. The molecule has 0 aliphatic heterocycles. The summed E-state index contributed by atoms with van der Waals surface area (Å²) < 4.78 is 4.73. The molecule has 0 radical (unpaired) electrons. The molecule has 1 aromatic rings. The van der Waals surface area contributed by atoms with Crippen LogP contribution in [0.4, 0.5) is 0 Å². The number of carbonyl (C=O) groups excluding carboxylic acids is 2. The van der Waals surface area contributed by atoms with E-state index in [1.165, 1.54) is 7.11 Å². The van der Waals surface area contributed by atoms with Crippen molar-refractivity contribution < 1.29 is 14.3 Å². The average molecular weight is 248 g/mol. The number of benzene rings is 1. The topological polar surface area (TPSA) is 43.4 Å². The highest BCUT2D eigenvalue weighted by Crippen LogP contribution is 2.19. The highest BCUT2D eigenvalue weighted by Gasteiger charge is 2.28. The van der Waals surface area contributed by atoms with E-state index in [1.54, 1.807) is 6.07 Å². The minimum absolute atomic E-state index is 0.131. The molecule has 0 fully saturated rings. The van der Waals surface area contributed by atoms with Crippen LogP contribution in [-0.4, -0.2) is 18.9 Å². The van der Waals surface area contributed by atoms with E-state index in [-0.39, 0.29) is 5.78 Å². The van der Waals surface area contributed by atoms with Gasteiger partial charge in [0.05, 0.1) is 7.11 Å². The summed E-state index contributed by atoms with van der Waals surface area (Å²) in [6, 6.07) is 7.33. The van der Waals surface area contributed by atoms with Gasteiger partial charge in [0, 0.05) is 5.56 Å².